The van der Waals surface area contributed by atoms with E-state index in [9.17, 15) is 4.79 Å². The maximum absolute atomic E-state index is 11.2. The highest BCUT2D eigenvalue weighted by molar-refractivity contribution is 7.13. The summed E-state index contributed by atoms with van der Waals surface area (Å²) in [6.07, 6.45) is 3.78. The largest absolute Gasteiger partial charge is 0.469 e. The Hall–Kier alpha value is -2.47. The number of carbonyl (C=O) groups excluding carboxylic acids is 1. The van der Waals surface area contributed by atoms with Crippen LogP contribution in [-0.2, 0) is 16.0 Å². The van der Waals surface area contributed by atoms with Crippen molar-refractivity contribution in [2.75, 3.05) is 12.4 Å². The summed E-state index contributed by atoms with van der Waals surface area (Å²) in [6.45, 7) is 0. The van der Waals surface area contributed by atoms with Gasteiger partial charge in [0.2, 0.25) is 0 Å². The fourth-order valence-electron chi connectivity index (χ4n) is 2.01. The molecule has 3 rings (SSSR count). The molecule has 0 saturated carbocycles. The van der Waals surface area contributed by atoms with Crippen LogP contribution in [0.2, 0.25) is 0 Å². The lowest BCUT2D eigenvalue weighted by Crippen LogP contribution is -2.04. The molecule has 106 valence electrons. The third-order valence-electron chi connectivity index (χ3n) is 3.03. The first-order valence-corrected chi connectivity index (χ1v) is 7.25. The summed E-state index contributed by atoms with van der Waals surface area (Å²) >= 11 is 1.46. The molecule has 0 aliphatic carbocycles. The second-order valence-electron chi connectivity index (χ2n) is 4.42. The van der Waals surface area contributed by atoms with Crippen molar-refractivity contribution in [1.29, 1.82) is 0 Å². The van der Waals surface area contributed by atoms with Gasteiger partial charge in [0, 0.05) is 34.2 Å². The molecule has 0 bridgehead atoms. The van der Waals surface area contributed by atoms with Gasteiger partial charge >= 0.3 is 5.97 Å². The smallest absolute Gasteiger partial charge is 0.311 e. The van der Waals surface area contributed by atoms with Crippen molar-refractivity contribution in [3.63, 3.8) is 0 Å². The van der Waals surface area contributed by atoms with Crippen LogP contribution in [0, 0.1) is 0 Å². The number of carbonyl (C=O) groups is 1. The van der Waals surface area contributed by atoms with Crippen molar-refractivity contribution in [3.05, 3.63) is 47.7 Å². The first-order valence-electron chi connectivity index (χ1n) is 6.37. The predicted octanol–water partition coefficient (Wildman–Crippen LogP) is 3.15. The van der Waals surface area contributed by atoms with Crippen LogP contribution < -0.4 is 5.32 Å². The van der Waals surface area contributed by atoms with Crippen LogP contribution in [0.1, 0.15) is 5.69 Å². The number of anilines is 2. The molecular formula is C15H13N3O2S. The normalized spacial score (nSPS) is 10.5. The third-order valence-corrected chi connectivity index (χ3v) is 3.83. The minimum atomic E-state index is -0.289. The van der Waals surface area contributed by atoms with E-state index in [1.165, 1.54) is 18.4 Å². The van der Waals surface area contributed by atoms with Crippen LogP contribution in [0.25, 0.3) is 10.8 Å². The Kier molecular flexibility index (Phi) is 3.79. The molecule has 2 heterocycles. The maximum atomic E-state index is 11.2. The van der Waals surface area contributed by atoms with Gasteiger partial charge in [-0.3, -0.25) is 9.78 Å². The highest BCUT2D eigenvalue weighted by Crippen LogP contribution is 2.27. The number of nitrogens with zero attached hydrogens (tertiary/aromatic N) is 2. The molecule has 2 aromatic heterocycles. The molecule has 0 aliphatic rings. The Morgan fingerprint density at radius 1 is 1.38 bits per heavy atom. The number of ether oxygens (including phenoxy) is 1. The summed E-state index contributed by atoms with van der Waals surface area (Å²) in [6, 6.07) is 7.93. The van der Waals surface area contributed by atoms with Gasteiger partial charge in [-0.15, -0.1) is 11.3 Å². The predicted molar refractivity (Wildman–Crippen MR) is 82.9 cm³/mol. The summed E-state index contributed by atoms with van der Waals surface area (Å²) in [4.78, 5) is 19.7. The number of thiazole rings is 1. The quantitative estimate of drug-likeness (QED) is 0.750. The van der Waals surface area contributed by atoms with Gasteiger partial charge in [-0.2, -0.15) is 0 Å². The number of rotatable bonds is 4. The number of aromatic nitrogens is 2. The van der Waals surface area contributed by atoms with E-state index in [4.69, 9.17) is 0 Å². The van der Waals surface area contributed by atoms with Gasteiger partial charge < -0.3 is 10.1 Å². The fraction of sp³-hybridized carbons (Fsp3) is 0.133. The summed E-state index contributed by atoms with van der Waals surface area (Å²) in [5.74, 6) is -0.289. The van der Waals surface area contributed by atoms with E-state index in [0.717, 1.165) is 21.6 Å². The number of pyridine rings is 1. The molecule has 0 spiro atoms. The van der Waals surface area contributed by atoms with E-state index in [1.54, 1.807) is 6.20 Å². The summed E-state index contributed by atoms with van der Waals surface area (Å²) < 4.78 is 4.64. The molecule has 6 heteroatoms. The second-order valence-corrected chi connectivity index (χ2v) is 5.28. The van der Waals surface area contributed by atoms with Crippen LogP contribution in [0.15, 0.2) is 42.0 Å². The third kappa shape index (κ3) is 3.00. The van der Waals surface area contributed by atoms with Crippen molar-refractivity contribution in [1.82, 2.24) is 9.97 Å². The average Bonchev–Trinajstić information content (AvgIpc) is 2.94. The van der Waals surface area contributed by atoms with Crippen molar-refractivity contribution in [2.24, 2.45) is 0 Å². The molecule has 0 unspecified atom stereocenters. The Labute approximate surface area is 125 Å². The molecule has 3 aromatic rings. The number of fused-ring (bicyclic) bond motifs is 1. The Morgan fingerprint density at radius 2 is 2.29 bits per heavy atom. The van der Waals surface area contributed by atoms with Crippen LogP contribution in [0.3, 0.4) is 0 Å². The van der Waals surface area contributed by atoms with Gasteiger partial charge in [0.1, 0.15) is 0 Å². The van der Waals surface area contributed by atoms with E-state index in [-0.39, 0.29) is 12.4 Å². The molecule has 1 aromatic carbocycles. The second kappa shape index (κ2) is 5.88. The molecule has 0 radical (unpaired) electrons. The number of esters is 1. The topological polar surface area (TPSA) is 64.1 Å². The molecule has 1 N–H and O–H groups in total. The van der Waals surface area contributed by atoms with Crippen LogP contribution in [0.4, 0.5) is 10.8 Å². The van der Waals surface area contributed by atoms with Crippen LogP contribution >= 0.6 is 11.3 Å². The van der Waals surface area contributed by atoms with Gasteiger partial charge in [-0.1, -0.05) is 12.1 Å². The minimum Gasteiger partial charge on any atom is -0.469 e. The van der Waals surface area contributed by atoms with E-state index < -0.39 is 0 Å². The van der Waals surface area contributed by atoms with Crippen LogP contribution in [-0.4, -0.2) is 23.0 Å². The molecule has 5 nitrogen and oxygen atoms in total. The Bertz CT molecular complexity index is 780. The number of nitrogens with one attached hydrogen (secondary N) is 1. The molecule has 21 heavy (non-hydrogen) atoms. The summed E-state index contributed by atoms with van der Waals surface area (Å²) in [5.41, 5.74) is 1.67. The first kappa shape index (κ1) is 13.5. The van der Waals surface area contributed by atoms with E-state index in [0.29, 0.717) is 5.69 Å². The van der Waals surface area contributed by atoms with E-state index in [2.05, 4.69) is 20.0 Å². The first-order chi connectivity index (χ1) is 10.3. The standard InChI is InChI=1S/C15H13N3O2S/c1-20-14(19)7-11-9-21-15(17-11)18-13-4-2-3-10-8-16-6-5-12(10)13/h2-6,8-9H,7H2,1H3,(H,17,18). The zero-order valence-electron chi connectivity index (χ0n) is 11.4. The lowest BCUT2D eigenvalue weighted by Gasteiger charge is -2.06. The molecule has 0 aliphatic heterocycles. The zero-order chi connectivity index (χ0) is 14.7. The van der Waals surface area contributed by atoms with Crippen LogP contribution in [0.5, 0.6) is 0 Å². The molecule has 0 atom stereocenters. The molecule has 0 fully saturated rings. The lowest BCUT2D eigenvalue weighted by atomic mass is 10.1. The molecular weight excluding hydrogens is 286 g/mol. The van der Waals surface area contributed by atoms with E-state index in [1.807, 2.05) is 35.8 Å². The highest BCUT2D eigenvalue weighted by Gasteiger charge is 2.08. The van der Waals surface area contributed by atoms with Gasteiger partial charge in [-0.25, -0.2) is 4.98 Å². The fourth-order valence-corrected chi connectivity index (χ4v) is 2.73. The Morgan fingerprint density at radius 3 is 3.14 bits per heavy atom. The van der Waals surface area contributed by atoms with Gasteiger partial charge in [0.05, 0.1) is 19.2 Å². The number of hydrogen-bond acceptors (Lipinski definition) is 6. The van der Waals surface area contributed by atoms with E-state index >= 15 is 0 Å². The van der Waals surface area contributed by atoms with Gasteiger partial charge in [-0.05, 0) is 12.1 Å². The number of benzene rings is 1. The number of methoxy groups -OCH3 is 1. The van der Waals surface area contributed by atoms with Gasteiger partial charge in [0.25, 0.3) is 0 Å². The monoisotopic (exact) mass is 299 g/mol. The Balaban J connectivity index is 1.84. The van der Waals surface area contributed by atoms with Crippen molar-refractivity contribution in [3.8, 4) is 0 Å². The summed E-state index contributed by atoms with van der Waals surface area (Å²) in [5, 5.41) is 8.03. The summed E-state index contributed by atoms with van der Waals surface area (Å²) in [7, 11) is 1.37. The van der Waals surface area contributed by atoms with Crippen molar-refractivity contribution >= 4 is 38.9 Å². The average molecular weight is 299 g/mol. The molecule has 0 amide bonds. The lowest BCUT2D eigenvalue weighted by molar-refractivity contribution is -0.139. The van der Waals surface area contributed by atoms with Gasteiger partial charge in [0.15, 0.2) is 5.13 Å². The van der Waals surface area contributed by atoms with Crippen molar-refractivity contribution < 1.29 is 9.53 Å². The zero-order valence-corrected chi connectivity index (χ0v) is 12.2. The SMILES string of the molecule is COC(=O)Cc1csc(Nc2cccc3cnccc23)n1. The van der Waals surface area contributed by atoms with Crippen molar-refractivity contribution in [2.45, 2.75) is 6.42 Å². The molecule has 0 saturated heterocycles. The maximum Gasteiger partial charge on any atom is 0.311 e. The highest BCUT2D eigenvalue weighted by atomic mass is 32.1. The number of hydrogen-bond donors (Lipinski definition) is 1. The minimum absolute atomic E-state index is 0.189.